The summed E-state index contributed by atoms with van der Waals surface area (Å²) in [6.07, 6.45) is 2.23. The normalized spacial score (nSPS) is 19.8. The summed E-state index contributed by atoms with van der Waals surface area (Å²) in [5.41, 5.74) is 3.79. The van der Waals surface area contributed by atoms with E-state index in [-0.39, 0.29) is 11.5 Å². The maximum absolute atomic E-state index is 6.26. The van der Waals surface area contributed by atoms with E-state index in [9.17, 15) is 0 Å². The Kier molecular flexibility index (Phi) is 3.13. The van der Waals surface area contributed by atoms with E-state index in [1.165, 1.54) is 16.7 Å². The number of rotatable bonds is 1. The summed E-state index contributed by atoms with van der Waals surface area (Å²) in [5.74, 6) is 1.00. The summed E-state index contributed by atoms with van der Waals surface area (Å²) in [7, 11) is 0. The lowest BCUT2D eigenvalue weighted by atomic mass is 9.93. The first-order valence-electron chi connectivity index (χ1n) is 7.08. The van der Waals surface area contributed by atoms with Crippen LogP contribution in [0.25, 0.3) is 5.76 Å². The zero-order chi connectivity index (χ0) is 14.2. The van der Waals surface area contributed by atoms with Crippen LogP contribution >= 0.6 is 0 Å². The van der Waals surface area contributed by atoms with Gasteiger partial charge in [0.25, 0.3) is 0 Å². The van der Waals surface area contributed by atoms with E-state index in [2.05, 4.69) is 75.4 Å². The molecule has 0 aromatic heterocycles. The molecule has 3 rings (SSSR count). The topological polar surface area (TPSA) is 9.23 Å². The van der Waals surface area contributed by atoms with Crippen LogP contribution in [0.5, 0.6) is 0 Å². The van der Waals surface area contributed by atoms with Crippen molar-refractivity contribution in [2.75, 3.05) is 0 Å². The predicted octanol–water partition coefficient (Wildman–Crippen LogP) is 5.19. The summed E-state index contributed by atoms with van der Waals surface area (Å²) >= 11 is 0. The van der Waals surface area contributed by atoms with Crippen LogP contribution in [0.4, 0.5) is 0 Å². The Bertz CT molecular complexity index is 632. The van der Waals surface area contributed by atoms with Gasteiger partial charge in [-0.3, -0.25) is 0 Å². The Hall–Kier alpha value is -2.02. The maximum atomic E-state index is 6.26. The molecule has 0 radical (unpaired) electrons. The summed E-state index contributed by atoms with van der Waals surface area (Å²) in [6, 6.07) is 18.9. The van der Waals surface area contributed by atoms with Gasteiger partial charge in [-0.05, 0) is 17.1 Å². The molecule has 1 nitrogen and oxygen atoms in total. The van der Waals surface area contributed by atoms with Crippen LogP contribution in [0.1, 0.15) is 43.6 Å². The first-order chi connectivity index (χ1) is 9.54. The van der Waals surface area contributed by atoms with Crippen LogP contribution in [-0.2, 0) is 4.74 Å². The fraction of sp³-hybridized carbons (Fsp3) is 0.263. The molecule has 2 aromatic carbocycles. The number of fused-ring (bicyclic) bond motifs is 1. The lowest BCUT2D eigenvalue weighted by Crippen LogP contribution is -2.01. The minimum atomic E-state index is 0.0148. The number of ether oxygens (including phenoxy) is 1. The van der Waals surface area contributed by atoms with Crippen molar-refractivity contribution in [2.24, 2.45) is 5.41 Å². The highest BCUT2D eigenvalue weighted by molar-refractivity contribution is 5.69. The van der Waals surface area contributed by atoms with Crippen molar-refractivity contribution < 1.29 is 4.74 Å². The number of allylic oxidation sites excluding steroid dienone is 1. The Morgan fingerprint density at radius 2 is 1.55 bits per heavy atom. The highest BCUT2D eigenvalue weighted by Crippen LogP contribution is 2.43. The van der Waals surface area contributed by atoms with Gasteiger partial charge in [-0.25, -0.2) is 0 Å². The third-order valence-corrected chi connectivity index (χ3v) is 3.42. The molecule has 0 amide bonds. The average Bonchev–Trinajstić information content (AvgIpc) is 2.77. The molecule has 1 unspecified atom stereocenters. The van der Waals surface area contributed by atoms with Crippen LogP contribution in [0.2, 0.25) is 0 Å². The van der Waals surface area contributed by atoms with Crippen molar-refractivity contribution >= 4 is 5.76 Å². The Morgan fingerprint density at radius 3 is 2.25 bits per heavy atom. The van der Waals surface area contributed by atoms with E-state index in [0.717, 1.165) is 5.76 Å². The molecular formula is C19H20O. The average molecular weight is 264 g/mol. The molecule has 0 saturated heterocycles. The molecule has 1 aliphatic rings. The van der Waals surface area contributed by atoms with Crippen molar-refractivity contribution in [2.45, 2.75) is 26.9 Å². The van der Waals surface area contributed by atoms with Gasteiger partial charge in [0.2, 0.25) is 0 Å². The largest absolute Gasteiger partial charge is 0.481 e. The third-order valence-electron chi connectivity index (χ3n) is 3.42. The minimum Gasteiger partial charge on any atom is -0.481 e. The van der Waals surface area contributed by atoms with Crippen molar-refractivity contribution in [1.29, 1.82) is 0 Å². The number of benzene rings is 2. The van der Waals surface area contributed by atoms with Crippen LogP contribution in [-0.4, -0.2) is 0 Å². The van der Waals surface area contributed by atoms with Gasteiger partial charge in [-0.2, -0.15) is 0 Å². The molecule has 0 spiro atoms. The van der Waals surface area contributed by atoms with Crippen LogP contribution in [0, 0.1) is 5.41 Å². The Balaban J connectivity index is 2.08. The van der Waals surface area contributed by atoms with E-state index in [4.69, 9.17) is 4.74 Å². The molecule has 1 heterocycles. The van der Waals surface area contributed by atoms with Gasteiger partial charge in [-0.1, -0.05) is 75.4 Å². The molecule has 0 aliphatic carbocycles. The lowest BCUT2D eigenvalue weighted by molar-refractivity contribution is 0.225. The molecule has 102 valence electrons. The van der Waals surface area contributed by atoms with Crippen molar-refractivity contribution in [3.8, 4) is 0 Å². The molecule has 0 N–H and O–H groups in total. The highest BCUT2D eigenvalue weighted by Gasteiger charge is 2.29. The summed E-state index contributed by atoms with van der Waals surface area (Å²) in [5, 5.41) is 0. The van der Waals surface area contributed by atoms with Crippen LogP contribution in [0.3, 0.4) is 0 Å². The smallest absolute Gasteiger partial charge is 0.150 e. The van der Waals surface area contributed by atoms with Gasteiger partial charge >= 0.3 is 0 Å². The first-order valence-corrected chi connectivity index (χ1v) is 7.08. The lowest BCUT2D eigenvalue weighted by Gasteiger charge is -2.16. The van der Waals surface area contributed by atoms with Gasteiger partial charge in [0.05, 0.1) is 0 Å². The molecule has 0 saturated carbocycles. The van der Waals surface area contributed by atoms with Crippen molar-refractivity contribution in [3.63, 3.8) is 0 Å². The number of hydrogen-bond acceptors (Lipinski definition) is 1. The monoisotopic (exact) mass is 264 g/mol. The second-order valence-corrected chi connectivity index (χ2v) is 6.37. The quantitative estimate of drug-likeness (QED) is 0.688. The fourth-order valence-corrected chi connectivity index (χ4v) is 2.58. The van der Waals surface area contributed by atoms with E-state index in [1.54, 1.807) is 0 Å². The van der Waals surface area contributed by atoms with Crippen LogP contribution in [0.15, 0.2) is 60.7 Å². The molecule has 0 fully saturated rings. The third kappa shape index (κ3) is 2.49. The second-order valence-electron chi connectivity index (χ2n) is 6.37. The predicted molar refractivity (Wildman–Crippen MR) is 83.2 cm³/mol. The van der Waals surface area contributed by atoms with Gasteiger partial charge in [-0.15, -0.1) is 0 Å². The Morgan fingerprint density at radius 1 is 0.900 bits per heavy atom. The standard InChI is InChI=1S/C19H20O/c1-19(2,3)13-17-15-11-7-8-12-16(15)18(20-17)14-9-5-4-6-10-14/h4-13,18H,1-3H3/b17-13-. The molecule has 2 aromatic rings. The van der Waals surface area contributed by atoms with Gasteiger partial charge < -0.3 is 4.74 Å². The molecule has 20 heavy (non-hydrogen) atoms. The van der Waals surface area contributed by atoms with Gasteiger partial charge in [0.15, 0.2) is 0 Å². The Labute approximate surface area is 120 Å². The molecule has 1 heteroatoms. The molecule has 0 bridgehead atoms. The molecule has 1 aliphatic heterocycles. The van der Waals surface area contributed by atoms with Crippen molar-refractivity contribution in [3.05, 3.63) is 77.4 Å². The zero-order valence-corrected chi connectivity index (χ0v) is 12.3. The second kappa shape index (κ2) is 4.82. The first kappa shape index (κ1) is 13.0. The van der Waals surface area contributed by atoms with E-state index in [1.807, 2.05) is 6.07 Å². The van der Waals surface area contributed by atoms with E-state index < -0.39 is 0 Å². The minimum absolute atomic E-state index is 0.0148. The van der Waals surface area contributed by atoms with E-state index in [0.29, 0.717) is 0 Å². The molecule has 1 atom stereocenters. The summed E-state index contributed by atoms with van der Waals surface area (Å²) < 4.78 is 6.26. The number of hydrogen-bond donors (Lipinski definition) is 0. The van der Waals surface area contributed by atoms with Gasteiger partial charge in [0, 0.05) is 11.1 Å². The highest BCUT2D eigenvalue weighted by atomic mass is 16.5. The van der Waals surface area contributed by atoms with Gasteiger partial charge in [0.1, 0.15) is 11.9 Å². The fourth-order valence-electron chi connectivity index (χ4n) is 2.58. The molecular weight excluding hydrogens is 244 g/mol. The maximum Gasteiger partial charge on any atom is 0.150 e. The summed E-state index contributed by atoms with van der Waals surface area (Å²) in [4.78, 5) is 0. The zero-order valence-electron chi connectivity index (χ0n) is 12.3. The van der Waals surface area contributed by atoms with Crippen molar-refractivity contribution in [1.82, 2.24) is 0 Å². The van der Waals surface area contributed by atoms with Crippen LogP contribution < -0.4 is 0 Å². The SMILES string of the molecule is CC(C)(C)/C=C1\OC(c2ccccc2)c2ccccc21. The van der Waals surface area contributed by atoms with E-state index >= 15 is 0 Å². The summed E-state index contributed by atoms with van der Waals surface area (Å²) in [6.45, 7) is 6.59.